The molecule has 1 aromatic carbocycles. The summed E-state index contributed by atoms with van der Waals surface area (Å²) >= 11 is 5.42. The summed E-state index contributed by atoms with van der Waals surface area (Å²) in [6.07, 6.45) is 4.73. The van der Waals surface area contributed by atoms with Gasteiger partial charge in [-0.3, -0.25) is 0 Å². The SMILES string of the molecule is CCCC[C@H](CC)CNC(=S)Nc1cc(S(=O)(=O)N(C)C)cc(C)c1C. The van der Waals surface area contributed by atoms with Gasteiger partial charge in [-0.05, 0) is 61.7 Å². The first-order chi connectivity index (χ1) is 12.1. The molecule has 148 valence electrons. The number of anilines is 1. The second kappa shape index (κ2) is 10.2. The Hall–Kier alpha value is -1.18. The van der Waals surface area contributed by atoms with Gasteiger partial charge in [0.05, 0.1) is 4.90 Å². The summed E-state index contributed by atoms with van der Waals surface area (Å²) in [5, 5.41) is 6.98. The van der Waals surface area contributed by atoms with Gasteiger partial charge in [0.15, 0.2) is 5.11 Å². The molecule has 26 heavy (non-hydrogen) atoms. The van der Waals surface area contributed by atoms with E-state index in [9.17, 15) is 8.42 Å². The second-order valence-corrected chi connectivity index (χ2v) is 9.51. The number of sulfonamides is 1. The molecule has 1 rings (SSSR count). The summed E-state index contributed by atoms with van der Waals surface area (Å²) in [5.41, 5.74) is 2.63. The predicted molar refractivity (Wildman–Crippen MR) is 114 cm³/mol. The molecular weight excluding hydrogens is 366 g/mol. The Labute approximate surface area is 164 Å². The van der Waals surface area contributed by atoms with Crippen LogP contribution in [0.5, 0.6) is 0 Å². The van der Waals surface area contributed by atoms with Crippen molar-refractivity contribution in [3.63, 3.8) is 0 Å². The number of unbranched alkanes of at least 4 members (excludes halogenated alkanes) is 1. The minimum atomic E-state index is -3.48. The van der Waals surface area contributed by atoms with E-state index in [1.54, 1.807) is 12.1 Å². The van der Waals surface area contributed by atoms with E-state index in [1.165, 1.54) is 37.7 Å². The van der Waals surface area contributed by atoms with Crippen molar-refractivity contribution in [3.8, 4) is 0 Å². The molecule has 1 aromatic rings. The van der Waals surface area contributed by atoms with Gasteiger partial charge in [0, 0.05) is 26.3 Å². The molecule has 0 saturated heterocycles. The van der Waals surface area contributed by atoms with Crippen LogP contribution in [-0.2, 0) is 10.0 Å². The van der Waals surface area contributed by atoms with Gasteiger partial charge in [0.2, 0.25) is 10.0 Å². The predicted octanol–water partition coefficient (Wildman–Crippen LogP) is 4.06. The Balaban J connectivity index is 2.89. The van der Waals surface area contributed by atoms with Gasteiger partial charge in [0.1, 0.15) is 0 Å². The van der Waals surface area contributed by atoms with E-state index in [0.29, 0.717) is 11.0 Å². The van der Waals surface area contributed by atoms with Crippen LogP contribution in [-0.4, -0.2) is 38.5 Å². The lowest BCUT2D eigenvalue weighted by Gasteiger charge is -2.20. The normalized spacial score (nSPS) is 12.9. The fourth-order valence-corrected chi connectivity index (χ4v) is 3.87. The highest BCUT2D eigenvalue weighted by Gasteiger charge is 2.20. The highest BCUT2D eigenvalue weighted by Crippen LogP contribution is 2.25. The van der Waals surface area contributed by atoms with E-state index in [1.807, 2.05) is 13.8 Å². The van der Waals surface area contributed by atoms with Crippen LogP contribution in [0.25, 0.3) is 0 Å². The summed E-state index contributed by atoms with van der Waals surface area (Å²) in [5.74, 6) is 0.595. The summed E-state index contributed by atoms with van der Waals surface area (Å²) in [6.45, 7) is 9.09. The van der Waals surface area contributed by atoms with Gasteiger partial charge in [-0.2, -0.15) is 0 Å². The number of rotatable bonds is 9. The van der Waals surface area contributed by atoms with Gasteiger partial charge in [-0.15, -0.1) is 0 Å². The van der Waals surface area contributed by atoms with Gasteiger partial charge < -0.3 is 10.6 Å². The van der Waals surface area contributed by atoms with Crippen molar-refractivity contribution in [2.75, 3.05) is 26.0 Å². The molecule has 0 unspecified atom stereocenters. The molecule has 0 amide bonds. The van der Waals surface area contributed by atoms with E-state index in [-0.39, 0.29) is 4.90 Å². The standard InChI is InChI=1S/C19H33N3O2S2/c1-7-9-10-16(8-2)13-20-19(25)21-18-12-17(11-14(3)15(18)4)26(23,24)22(5)6/h11-12,16H,7-10,13H2,1-6H3,(H2,20,21,25)/t16-/m0/s1. The number of hydrogen-bond acceptors (Lipinski definition) is 3. The third-order valence-corrected chi connectivity index (χ3v) is 6.80. The van der Waals surface area contributed by atoms with Crippen LogP contribution in [0.4, 0.5) is 5.69 Å². The highest BCUT2D eigenvalue weighted by atomic mass is 32.2. The quantitative estimate of drug-likeness (QED) is 0.613. The molecule has 1 atom stereocenters. The van der Waals surface area contributed by atoms with E-state index >= 15 is 0 Å². The first-order valence-electron chi connectivity index (χ1n) is 9.22. The molecule has 0 radical (unpaired) electrons. The van der Waals surface area contributed by atoms with Crippen molar-refractivity contribution < 1.29 is 8.42 Å². The van der Waals surface area contributed by atoms with Gasteiger partial charge >= 0.3 is 0 Å². The maximum Gasteiger partial charge on any atom is 0.242 e. The molecule has 0 saturated carbocycles. The third-order valence-electron chi connectivity index (χ3n) is 4.76. The maximum absolute atomic E-state index is 12.4. The average Bonchev–Trinajstić information content (AvgIpc) is 2.58. The minimum Gasteiger partial charge on any atom is -0.362 e. The maximum atomic E-state index is 12.4. The molecule has 7 heteroatoms. The molecule has 2 N–H and O–H groups in total. The van der Waals surface area contributed by atoms with E-state index in [0.717, 1.165) is 29.8 Å². The fourth-order valence-electron chi connectivity index (χ4n) is 2.66. The van der Waals surface area contributed by atoms with Gasteiger partial charge in [-0.25, -0.2) is 12.7 Å². The van der Waals surface area contributed by atoms with Crippen LogP contribution in [0.15, 0.2) is 17.0 Å². The molecule has 0 aromatic heterocycles. The Morgan fingerprint density at radius 2 is 1.88 bits per heavy atom. The van der Waals surface area contributed by atoms with E-state index in [4.69, 9.17) is 12.2 Å². The van der Waals surface area contributed by atoms with E-state index < -0.39 is 10.0 Å². The first-order valence-corrected chi connectivity index (χ1v) is 11.1. The Morgan fingerprint density at radius 3 is 2.42 bits per heavy atom. The van der Waals surface area contributed by atoms with Crippen molar-refractivity contribution in [3.05, 3.63) is 23.3 Å². The number of aryl methyl sites for hydroxylation is 1. The number of nitrogens with one attached hydrogen (secondary N) is 2. The zero-order chi connectivity index (χ0) is 19.9. The molecule has 0 aliphatic rings. The molecule has 0 aliphatic heterocycles. The summed E-state index contributed by atoms with van der Waals surface area (Å²) in [7, 11) is -0.419. The summed E-state index contributed by atoms with van der Waals surface area (Å²) in [6, 6.07) is 3.35. The molecule has 0 bridgehead atoms. The van der Waals surface area contributed by atoms with Crippen LogP contribution in [0.2, 0.25) is 0 Å². The fraction of sp³-hybridized carbons (Fsp3) is 0.632. The molecule has 0 aliphatic carbocycles. The second-order valence-electron chi connectivity index (χ2n) is 6.95. The molecule has 0 heterocycles. The van der Waals surface area contributed by atoms with Crippen molar-refractivity contribution >= 4 is 33.0 Å². The minimum absolute atomic E-state index is 0.269. The molecule has 0 spiro atoms. The molecular formula is C19H33N3O2S2. The first kappa shape index (κ1) is 22.9. The van der Waals surface area contributed by atoms with Crippen LogP contribution >= 0.6 is 12.2 Å². The van der Waals surface area contributed by atoms with Crippen LogP contribution in [0.3, 0.4) is 0 Å². The number of nitrogens with zero attached hydrogens (tertiary/aromatic N) is 1. The summed E-state index contributed by atoms with van der Waals surface area (Å²) < 4.78 is 26.1. The number of thiocarbonyl (C=S) groups is 1. The zero-order valence-corrected chi connectivity index (χ0v) is 18.5. The van der Waals surface area contributed by atoms with Crippen LogP contribution < -0.4 is 10.6 Å². The van der Waals surface area contributed by atoms with E-state index in [2.05, 4.69) is 24.5 Å². The lowest BCUT2D eigenvalue weighted by molar-refractivity contribution is 0.446. The van der Waals surface area contributed by atoms with Gasteiger partial charge in [0.25, 0.3) is 0 Å². The summed E-state index contributed by atoms with van der Waals surface area (Å²) in [4.78, 5) is 0.269. The topological polar surface area (TPSA) is 61.4 Å². The molecule has 0 fully saturated rings. The Morgan fingerprint density at radius 1 is 1.23 bits per heavy atom. The average molecular weight is 400 g/mol. The zero-order valence-electron chi connectivity index (χ0n) is 16.8. The Kier molecular flexibility index (Phi) is 9.00. The monoisotopic (exact) mass is 399 g/mol. The Bertz CT molecular complexity index is 716. The lowest BCUT2D eigenvalue weighted by atomic mass is 9.99. The number of benzene rings is 1. The lowest BCUT2D eigenvalue weighted by Crippen LogP contribution is -2.33. The smallest absolute Gasteiger partial charge is 0.242 e. The van der Waals surface area contributed by atoms with Crippen molar-refractivity contribution in [2.24, 2.45) is 5.92 Å². The molecule has 5 nitrogen and oxygen atoms in total. The van der Waals surface area contributed by atoms with Gasteiger partial charge in [-0.1, -0.05) is 33.1 Å². The third kappa shape index (κ3) is 6.21. The number of hydrogen-bond donors (Lipinski definition) is 2. The van der Waals surface area contributed by atoms with Crippen molar-refractivity contribution in [1.82, 2.24) is 9.62 Å². The largest absolute Gasteiger partial charge is 0.362 e. The van der Waals surface area contributed by atoms with Crippen LogP contribution in [0, 0.1) is 19.8 Å². The highest BCUT2D eigenvalue weighted by molar-refractivity contribution is 7.89. The van der Waals surface area contributed by atoms with Crippen molar-refractivity contribution in [2.45, 2.75) is 58.3 Å². The van der Waals surface area contributed by atoms with Crippen molar-refractivity contribution in [1.29, 1.82) is 0 Å². The van der Waals surface area contributed by atoms with Crippen LogP contribution in [0.1, 0.15) is 50.7 Å².